The van der Waals surface area contributed by atoms with Gasteiger partial charge in [-0.15, -0.1) is 0 Å². The lowest BCUT2D eigenvalue weighted by Crippen LogP contribution is -2.41. The minimum Gasteiger partial charge on any atom is -0.329 e. The molecule has 36 heavy (non-hydrogen) atoms. The minimum atomic E-state index is -0.578. The van der Waals surface area contributed by atoms with Crippen LogP contribution in [0.3, 0.4) is 0 Å². The molecule has 3 aromatic heterocycles. The Morgan fingerprint density at radius 3 is 2.75 bits per heavy atom. The van der Waals surface area contributed by atoms with Crippen LogP contribution in [0.5, 0.6) is 0 Å². The summed E-state index contributed by atoms with van der Waals surface area (Å²) in [6.45, 7) is 0.701. The van der Waals surface area contributed by atoms with E-state index in [1.54, 1.807) is 0 Å². The number of nitrogens with zero attached hydrogens (tertiary/aromatic N) is 5. The highest BCUT2D eigenvalue weighted by Gasteiger charge is 2.34. The van der Waals surface area contributed by atoms with Crippen molar-refractivity contribution in [1.82, 2.24) is 25.1 Å². The lowest BCUT2D eigenvalue weighted by atomic mass is 9.96. The molecule has 10 heteroatoms. The number of pyridine rings is 1. The molecule has 6 rings (SSSR count). The van der Waals surface area contributed by atoms with Crippen LogP contribution < -0.4 is 15.5 Å². The predicted molar refractivity (Wildman–Crippen MR) is 135 cm³/mol. The molecule has 0 radical (unpaired) electrons. The number of rotatable bonds is 6. The van der Waals surface area contributed by atoms with E-state index in [1.165, 1.54) is 49.7 Å². The third kappa shape index (κ3) is 4.64. The van der Waals surface area contributed by atoms with Crippen LogP contribution in [0.4, 0.5) is 27.7 Å². The average Bonchev–Trinajstić information content (AvgIpc) is 3.67. The fourth-order valence-electron chi connectivity index (χ4n) is 5.73. The Balaban J connectivity index is 1.25. The van der Waals surface area contributed by atoms with Gasteiger partial charge in [-0.2, -0.15) is 14.5 Å². The van der Waals surface area contributed by atoms with Gasteiger partial charge in [0.15, 0.2) is 5.82 Å². The molecule has 0 bridgehead atoms. The molecule has 1 atom stereocenters. The number of anilines is 4. The average molecular weight is 491 g/mol. The standard InChI is InChI=1S/C26H31FN8O/c27-22-12-11-17(15-28-22)29-25(36)21-10-5-13-35(21)26-30-19-9-4-3-8-18(19)24(32-26)31-23-14-20(33-34-23)16-6-1-2-7-16/h11-12,14-16,21H,1-10,13H2,(H,29,36)(H2,30,31,32,33,34)/t21-/m1/s1. The highest BCUT2D eigenvalue weighted by Crippen LogP contribution is 2.35. The molecule has 1 amide bonds. The van der Waals surface area contributed by atoms with Crippen LogP contribution in [-0.2, 0) is 17.6 Å². The van der Waals surface area contributed by atoms with Crippen LogP contribution in [0, 0.1) is 5.95 Å². The Bertz CT molecular complexity index is 1240. The van der Waals surface area contributed by atoms with Crippen molar-refractivity contribution < 1.29 is 9.18 Å². The molecule has 3 N–H and O–H groups in total. The number of nitrogens with one attached hydrogen (secondary N) is 3. The summed E-state index contributed by atoms with van der Waals surface area (Å²) < 4.78 is 13.2. The number of amides is 1. The molecule has 0 spiro atoms. The molecule has 9 nitrogen and oxygen atoms in total. The second-order valence-electron chi connectivity index (χ2n) is 10.0. The summed E-state index contributed by atoms with van der Waals surface area (Å²) in [6.07, 6.45) is 11.9. The third-order valence-corrected chi connectivity index (χ3v) is 7.62. The zero-order chi connectivity index (χ0) is 24.5. The zero-order valence-corrected chi connectivity index (χ0v) is 20.3. The number of carbonyl (C=O) groups excluding carboxylic acids is 1. The van der Waals surface area contributed by atoms with Crippen molar-refractivity contribution in [3.63, 3.8) is 0 Å². The fourth-order valence-corrected chi connectivity index (χ4v) is 5.73. The van der Waals surface area contributed by atoms with Gasteiger partial charge in [0.2, 0.25) is 17.8 Å². The Morgan fingerprint density at radius 1 is 1.06 bits per heavy atom. The summed E-state index contributed by atoms with van der Waals surface area (Å²) in [7, 11) is 0. The summed E-state index contributed by atoms with van der Waals surface area (Å²) >= 11 is 0. The van der Waals surface area contributed by atoms with Gasteiger partial charge in [-0.1, -0.05) is 12.8 Å². The van der Waals surface area contributed by atoms with E-state index in [-0.39, 0.29) is 5.91 Å². The van der Waals surface area contributed by atoms with Crippen molar-refractivity contribution >= 4 is 29.2 Å². The fraction of sp³-hybridized carbons (Fsp3) is 0.500. The molecule has 188 valence electrons. The molecule has 2 aliphatic carbocycles. The molecule has 1 aliphatic heterocycles. The predicted octanol–water partition coefficient (Wildman–Crippen LogP) is 4.62. The number of aromatic amines is 1. The number of fused-ring (bicyclic) bond motifs is 1. The summed E-state index contributed by atoms with van der Waals surface area (Å²) in [6, 6.07) is 4.46. The van der Waals surface area contributed by atoms with Crippen LogP contribution in [-0.4, -0.2) is 43.6 Å². The van der Waals surface area contributed by atoms with Crippen molar-refractivity contribution in [3.05, 3.63) is 47.3 Å². The second-order valence-corrected chi connectivity index (χ2v) is 10.0. The van der Waals surface area contributed by atoms with E-state index in [0.29, 0.717) is 30.5 Å². The molecular weight excluding hydrogens is 459 g/mol. The molecule has 3 aliphatic rings. The molecule has 2 fully saturated rings. The summed E-state index contributed by atoms with van der Waals surface area (Å²) in [4.78, 5) is 28.6. The van der Waals surface area contributed by atoms with Crippen molar-refractivity contribution in [3.8, 4) is 0 Å². The maximum absolute atomic E-state index is 13.2. The van der Waals surface area contributed by atoms with E-state index >= 15 is 0 Å². The lowest BCUT2D eigenvalue weighted by Gasteiger charge is -2.27. The van der Waals surface area contributed by atoms with Crippen LogP contribution in [0.15, 0.2) is 24.4 Å². The van der Waals surface area contributed by atoms with Crippen LogP contribution in [0.2, 0.25) is 0 Å². The Kier molecular flexibility index (Phi) is 6.25. The molecule has 0 unspecified atom stereocenters. The van der Waals surface area contributed by atoms with Crippen LogP contribution in [0.1, 0.15) is 74.2 Å². The normalized spacial score (nSPS) is 19.9. The van der Waals surface area contributed by atoms with Crippen molar-refractivity contribution in [2.24, 2.45) is 0 Å². The maximum Gasteiger partial charge on any atom is 0.247 e. The first-order valence-electron chi connectivity index (χ1n) is 13.1. The Morgan fingerprint density at radius 2 is 1.92 bits per heavy atom. The van der Waals surface area contributed by atoms with Crippen molar-refractivity contribution in [2.45, 2.75) is 76.2 Å². The van der Waals surface area contributed by atoms with Gasteiger partial charge >= 0.3 is 0 Å². The van der Waals surface area contributed by atoms with Crippen molar-refractivity contribution in [1.29, 1.82) is 0 Å². The SMILES string of the molecule is O=C(Nc1ccc(F)nc1)[C@H]1CCCN1c1nc2c(c(Nc3cc(C4CCCC4)[nH]n3)n1)CCCC2. The van der Waals surface area contributed by atoms with E-state index in [4.69, 9.17) is 9.97 Å². The van der Waals surface area contributed by atoms with E-state index in [0.717, 1.165) is 55.0 Å². The van der Waals surface area contributed by atoms with Gasteiger partial charge in [-0.3, -0.25) is 9.89 Å². The van der Waals surface area contributed by atoms with Crippen LogP contribution >= 0.6 is 0 Å². The lowest BCUT2D eigenvalue weighted by molar-refractivity contribution is -0.117. The number of hydrogen-bond donors (Lipinski definition) is 3. The maximum atomic E-state index is 13.2. The quantitative estimate of drug-likeness (QED) is 0.432. The van der Waals surface area contributed by atoms with Crippen molar-refractivity contribution in [2.75, 3.05) is 22.1 Å². The molecule has 0 aromatic carbocycles. The highest BCUT2D eigenvalue weighted by molar-refractivity contribution is 5.96. The number of aryl methyl sites for hydroxylation is 1. The van der Waals surface area contributed by atoms with E-state index in [1.807, 2.05) is 4.90 Å². The zero-order valence-electron chi connectivity index (χ0n) is 20.3. The highest BCUT2D eigenvalue weighted by atomic mass is 19.1. The third-order valence-electron chi connectivity index (χ3n) is 7.62. The van der Waals surface area contributed by atoms with E-state index in [9.17, 15) is 9.18 Å². The van der Waals surface area contributed by atoms with E-state index < -0.39 is 12.0 Å². The van der Waals surface area contributed by atoms with Gasteiger partial charge in [0, 0.05) is 29.8 Å². The number of aromatic nitrogens is 5. The van der Waals surface area contributed by atoms with Gasteiger partial charge in [0.1, 0.15) is 11.9 Å². The topological polar surface area (TPSA) is 112 Å². The minimum absolute atomic E-state index is 0.162. The number of halogens is 1. The first-order valence-corrected chi connectivity index (χ1v) is 13.1. The first-order chi connectivity index (χ1) is 17.6. The molecule has 1 saturated heterocycles. The molecular formula is C26H31FN8O. The number of carbonyl (C=O) groups is 1. The summed E-state index contributed by atoms with van der Waals surface area (Å²) in [5, 5.41) is 14.1. The molecule has 4 heterocycles. The Hall–Kier alpha value is -3.56. The number of hydrogen-bond acceptors (Lipinski definition) is 7. The Labute approximate surface area is 209 Å². The summed E-state index contributed by atoms with van der Waals surface area (Å²) in [5.74, 6) is 1.94. The van der Waals surface area contributed by atoms with Gasteiger partial charge in [0.25, 0.3) is 0 Å². The molecule has 1 saturated carbocycles. The smallest absolute Gasteiger partial charge is 0.247 e. The second kappa shape index (κ2) is 9.83. The van der Waals surface area contributed by atoms with E-state index in [2.05, 4.69) is 31.9 Å². The summed E-state index contributed by atoms with van der Waals surface area (Å²) in [5.41, 5.74) is 3.85. The van der Waals surface area contributed by atoms with Gasteiger partial charge in [-0.25, -0.2) is 9.97 Å². The van der Waals surface area contributed by atoms with Gasteiger partial charge < -0.3 is 15.5 Å². The molecule has 3 aromatic rings. The number of H-pyrrole nitrogens is 1. The van der Waals surface area contributed by atoms with Gasteiger partial charge in [0.05, 0.1) is 17.6 Å². The largest absolute Gasteiger partial charge is 0.329 e. The first kappa shape index (κ1) is 22.9. The van der Waals surface area contributed by atoms with Gasteiger partial charge in [-0.05, 0) is 63.5 Å². The van der Waals surface area contributed by atoms with Crippen LogP contribution in [0.25, 0.3) is 0 Å². The monoisotopic (exact) mass is 490 g/mol.